The minimum Gasteiger partial charge on any atom is -0.377 e. The maximum Gasteiger partial charge on any atom is 0.191 e. The number of rotatable bonds is 4. The molecule has 5 nitrogen and oxygen atoms in total. The molecule has 0 aromatic rings. The number of ether oxygens (including phenoxy) is 1. The molecule has 0 spiro atoms. The lowest BCUT2D eigenvalue weighted by Crippen LogP contribution is -2.71. The van der Waals surface area contributed by atoms with Gasteiger partial charge in [-0.05, 0) is 45.4 Å². The maximum absolute atomic E-state index is 6.05. The van der Waals surface area contributed by atoms with Gasteiger partial charge in [-0.25, -0.2) is 0 Å². The van der Waals surface area contributed by atoms with Crippen molar-refractivity contribution in [2.45, 2.75) is 83.5 Å². The van der Waals surface area contributed by atoms with Crippen molar-refractivity contribution in [2.75, 3.05) is 26.2 Å². The third kappa shape index (κ3) is 3.55. The van der Waals surface area contributed by atoms with Crippen LogP contribution in [0.2, 0.25) is 0 Å². The highest BCUT2D eigenvalue weighted by atomic mass is 16.5. The van der Waals surface area contributed by atoms with Crippen molar-refractivity contribution in [2.24, 2.45) is 16.3 Å². The van der Waals surface area contributed by atoms with Crippen molar-refractivity contribution in [1.29, 1.82) is 0 Å². The molecule has 2 aliphatic heterocycles. The Labute approximate surface area is 153 Å². The Morgan fingerprint density at radius 1 is 1.12 bits per heavy atom. The first-order valence-corrected chi connectivity index (χ1v) is 10.5. The molecule has 2 N–H and O–H groups in total. The summed E-state index contributed by atoms with van der Waals surface area (Å²) in [5.41, 5.74) is 0.191. The Morgan fingerprint density at radius 2 is 1.88 bits per heavy atom. The zero-order chi connectivity index (χ0) is 17.4. The molecular formula is C20H36N4O. The van der Waals surface area contributed by atoms with Crippen molar-refractivity contribution in [3.63, 3.8) is 0 Å². The fraction of sp³-hybridized carbons (Fsp3) is 0.950. The summed E-state index contributed by atoms with van der Waals surface area (Å²) in [4.78, 5) is 7.43. The molecule has 2 saturated heterocycles. The van der Waals surface area contributed by atoms with Gasteiger partial charge in [0.15, 0.2) is 5.96 Å². The number of hydrogen-bond donors (Lipinski definition) is 2. The summed E-state index contributed by atoms with van der Waals surface area (Å²) < 4.78 is 6.05. The van der Waals surface area contributed by atoms with E-state index in [2.05, 4.69) is 36.3 Å². The van der Waals surface area contributed by atoms with Gasteiger partial charge in [-0.3, -0.25) is 4.99 Å². The Balaban J connectivity index is 1.33. The predicted molar refractivity (Wildman–Crippen MR) is 102 cm³/mol. The summed E-state index contributed by atoms with van der Waals surface area (Å²) in [5.74, 6) is 1.67. The summed E-state index contributed by atoms with van der Waals surface area (Å²) in [6.07, 6.45) is 8.22. The number of likely N-dealkylation sites (tertiary alicyclic amines) is 1. The maximum atomic E-state index is 6.05. The normalized spacial score (nSPS) is 36.4. The minimum absolute atomic E-state index is 0.191. The number of guanidine groups is 1. The molecule has 0 amide bonds. The molecule has 4 aliphatic rings. The van der Waals surface area contributed by atoms with Crippen LogP contribution in [0.3, 0.4) is 0 Å². The molecular weight excluding hydrogens is 312 g/mol. The molecule has 0 aromatic carbocycles. The van der Waals surface area contributed by atoms with Crippen molar-refractivity contribution in [1.82, 2.24) is 15.5 Å². The first kappa shape index (κ1) is 17.6. The third-order valence-electron chi connectivity index (χ3n) is 6.87. The van der Waals surface area contributed by atoms with E-state index < -0.39 is 0 Å². The fourth-order valence-corrected chi connectivity index (χ4v) is 5.30. The van der Waals surface area contributed by atoms with Gasteiger partial charge in [0, 0.05) is 55.7 Å². The minimum atomic E-state index is 0.191. The van der Waals surface area contributed by atoms with Gasteiger partial charge in [0.1, 0.15) is 0 Å². The first-order valence-electron chi connectivity index (χ1n) is 10.5. The molecule has 3 unspecified atom stereocenters. The van der Waals surface area contributed by atoms with Gasteiger partial charge >= 0.3 is 0 Å². The van der Waals surface area contributed by atoms with E-state index in [0.29, 0.717) is 24.1 Å². The van der Waals surface area contributed by atoms with E-state index in [1.807, 2.05) is 0 Å². The second kappa shape index (κ2) is 7.07. The highest BCUT2D eigenvalue weighted by Crippen LogP contribution is 2.51. The Morgan fingerprint density at radius 3 is 2.56 bits per heavy atom. The third-order valence-corrected chi connectivity index (χ3v) is 6.87. The van der Waals surface area contributed by atoms with Crippen LogP contribution in [0.4, 0.5) is 0 Å². The van der Waals surface area contributed by atoms with E-state index in [9.17, 15) is 0 Å². The summed E-state index contributed by atoms with van der Waals surface area (Å²) >= 11 is 0. The SMILES string of the molecule is CCN=C(NC1CCN(C2CC2)CC1)NC1C2CCCOC2C1(C)C. The summed E-state index contributed by atoms with van der Waals surface area (Å²) in [6.45, 7) is 11.1. The van der Waals surface area contributed by atoms with Crippen LogP contribution in [0.25, 0.3) is 0 Å². The number of piperidine rings is 1. The average molecular weight is 349 g/mol. The number of aliphatic imine (C=N–C) groups is 1. The Bertz CT molecular complexity index is 494. The van der Waals surface area contributed by atoms with Gasteiger partial charge < -0.3 is 20.3 Å². The van der Waals surface area contributed by atoms with Gasteiger partial charge in [0.2, 0.25) is 0 Å². The molecule has 3 atom stereocenters. The second-order valence-electron chi connectivity index (χ2n) is 9.05. The fourth-order valence-electron chi connectivity index (χ4n) is 5.30. The predicted octanol–water partition coefficient (Wildman–Crippen LogP) is 2.37. The van der Waals surface area contributed by atoms with Gasteiger partial charge in [-0.1, -0.05) is 13.8 Å². The Hall–Kier alpha value is -0.810. The van der Waals surface area contributed by atoms with Gasteiger partial charge in [-0.15, -0.1) is 0 Å². The summed E-state index contributed by atoms with van der Waals surface area (Å²) in [6, 6.07) is 1.94. The zero-order valence-electron chi connectivity index (χ0n) is 16.3. The highest BCUT2D eigenvalue weighted by Gasteiger charge is 2.58. The standard InChI is InChI=1S/C20H36N4O/c1-4-21-19(22-14-9-11-24(12-10-14)15-7-8-15)23-17-16-6-5-13-25-18(16)20(17,2)3/h14-18H,4-13H2,1-3H3,(H2,21,22,23). The van der Waals surface area contributed by atoms with Crippen LogP contribution < -0.4 is 10.6 Å². The molecule has 2 heterocycles. The van der Waals surface area contributed by atoms with Crippen LogP contribution in [0.1, 0.15) is 59.3 Å². The number of fused-ring (bicyclic) bond motifs is 1. The van der Waals surface area contributed by atoms with E-state index in [1.54, 1.807) is 0 Å². The average Bonchev–Trinajstić information content (AvgIpc) is 3.45. The van der Waals surface area contributed by atoms with Gasteiger partial charge in [-0.2, -0.15) is 0 Å². The lowest BCUT2D eigenvalue weighted by Gasteiger charge is -2.60. The lowest BCUT2D eigenvalue weighted by atomic mass is 9.55. The molecule has 0 bridgehead atoms. The molecule has 2 aliphatic carbocycles. The number of nitrogens with one attached hydrogen (secondary N) is 2. The largest absolute Gasteiger partial charge is 0.377 e. The number of nitrogens with zero attached hydrogens (tertiary/aromatic N) is 2. The van der Waals surface area contributed by atoms with Gasteiger partial charge in [0.25, 0.3) is 0 Å². The molecule has 5 heteroatoms. The lowest BCUT2D eigenvalue weighted by molar-refractivity contribution is -0.188. The molecule has 2 saturated carbocycles. The molecule has 4 rings (SSSR count). The van der Waals surface area contributed by atoms with E-state index in [4.69, 9.17) is 9.73 Å². The smallest absolute Gasteiger partial charge is 0.191 e. The quantitative estimate of drug-likeness (QED) is 0.605. The van der Waals surface area contributed by atoms with Crippen molar-refractivity contribution >= 4 is 5.96 Å². The van der Waals surface area contributed by atoms with Gasteiger partial charge in [0.05, 0.1) is 6.10 Å². The van der Waals surface area contributed by atoms with Crippen molar-refractivity contribution in [3.8, 4) is 0 Å². The monoisotopic (exact) mass is 348 g/mol. The number of hydrogen-bond acceptors (Lipinski definition) is 3. The zero-order valence-corrected chi connectivity index (χ0v) is 16.3. The van der Waals surface area contributed by atoms with Crippen molar-refractivity contribution < 1.29 is 4.74 Å². The van der Waals surface area contributed by atoms with E-state index >= 15 is 0 Å². The van der Waals surface area contributed by atoms with Crippen molar-refractivity contribution in [3.05, 3.63) is 0 Å². The topological polar surface area (TPSA) is 48.9 Å². The van der Waals surface area contributed by atoms with Crippen LogP contribution in [0.15, 0.2) is 4.99 Å². The Kier molecular flexibility index (Phi) is 4.98. The van der Waals surface area contributed by atoms with Crippen LogP contribution >= 0.6 is 0 Å². The molecule has 4 fully saturated rings. The van der Waals surface area contributed by atoms with Crippen LogP contribution in [0, 0.1) is 11.3 Å². The molecule has 25 heavy (non-hydrogen) atoms. The molecule has 0 radical (unpaired) electrons. The summed E-state index contributed by atoms with van der Waals surface area (Å²) in [7, 11) is 0. The van der Waals surface area contributed by atoms with E-state index in [-0.39, 0.29) is 5.41 Å². The second-order valence-corrected chi connectivity index (χ2v) is 9.05. The van der Waals surface area contributed by atoms with E-state index in [1.165, 1.54) is 51.6 Å². The highest BCUT2D eigenvalue weighted by molar-refractivity contribution is 5.80. The van der Waals surface area contributed by atoms with Crippen LogP contribution in [-0.4, -0.2) is 61.3 Å². The first-order chi connectivity index (χ1) is 12.1. The van der Waals surface area contributed by atoms with E-state index in [0.717, 1.165) is 25.2 Å². The van der Waals surface area contributed by atoms with Crippen LogP contribution in [0.5, 0.6) is 0 Å². The molecule has 142 valence electrons. The summed E-state index contributed by atoms with van der Waals surface area (Å²) in [5, 5.41) is 7.52. The molecule has 0 aromatic heterocycles. The van der Waals surface area contributed by atoms with Crippen LogP contribution in [-0.2, 0) is 4.74 Å².